The second-order valence-corrected chi connectivity index (χ2v) is 31.6. The Morgan fingerprint density at radius 2 is 0.663 bits per heavy atom. The monoisotopic (exact) mass is 1500 g/mol. The van der Waals surface area contributed by atoms with Crippen molar-refractivity contribution in [3.8, 4) is 0 Å². The molecule has 0 aromatic heterocycles. The Hall–Kier alpha value is -3.72. The molecule has 1 fully saturated rings. The van der Waals surface area contributed by atoms with E-state index in [2.05, 4.69) is 57.5 Å². The van der Waals surface area contributed by atoms with Crippen molar-refractivity contribution in [2.75, 3.05) is 19.6 Å². The quantitative estimate of drug-likeness (QED) is 0.0129. The van der Waals surface area contributed by atoms with Gasteiger partial charge in [-0.1, -0.05) is 311 Å². The van der Waals surface area contributed by atoms with E-state index in [1.165, 1.54) is 57.8 Å². The fraction of sp³-hybridized carbons (Fsp3) is 0.915. The maximum absolute atomic E-state index is 14.9. The Morgan fingerprint density at radius 3 is 0.952 bits per heavy atom. The van der Waals surface area contributed by atoms with Crippen LogP contribution in [0.25, 0.3) is 0 Å². The van der Waals surface area contributed by atoms with Crippen LogP contribution in [-0.2, 0) is 66.5 Å². The van der Waals surface area contributed by atoms with Gasteiger partial charge in [0, 0.05) is 19.3 Å². The van der Waals surface area contributed by atoms with Gasteiger partial charge in [-0.15, -0.1) is 0 Å². The Kier molecular flexibility index (Phi) is 63.7. The van der Waals surface area contributed by atoms with Gasteiger partial charge >= 0.3 is 31.5 Å². The molecule has 104 heavy (non-hydrogen) atoms. The van der Waals surface area contributed by atoms with Crippen molar-refractivity contribution < 1.29 is 86.5 Å². The molecular weight excluding hydrogens is 1350 g/mol. The molecule has 1 aliphatic heterocycles. The van der Waals surface area contributed by atoms with E-state index in [0.29, 0.717) is 57.8 Å². The molecule has 22 heteroatoms. The Balaban J connectivity index is 3.88. The highest BCUT2D eigenvalue weighted by molar-refractivity contribution is 7.51. The van der Waals surface area contributed by atoms with E-state index in [1.54, 1.807) is 0 Å². The standard InChI is InChI=1S/C82H154N3O18P/c1-7-13-19-25-31-34-40-43-49-55-67(100-75(90)58-52-46-37-28-22-16-10-4)61-72(87)83-70(81(93)94)65-98-82-79(85-74(89)63-69(57-51-45-42-36-33-27-21-15-9-3)102-77(92)60-54-48-39-30-24-18-12-6)78(80(71(64-86)103-82)99-66-104(95,96)97)84-73(88)62-68(56-50-44-41-35-32-26-20-14-8-2)101-76(91)59-53-47-38-29-23-17-11-5/h67-71,78-80,82,86H,7-66H2,1-6H3,(H,83,87)(H,84,88)(H,85,89)(H,93,94)(H2,95,96,97)/t67-,68-,69-,70+,71?,78?,79?,80-,82-/m1/s1. The van der Waals surface area contributed by atoms with Crippen LogP contribution in [0.15, 0.2) is 0 Å². The fourth-order valence-corrected chi connectivity index (χ4v) is 14.1. The second kappa shape index (κ2) is 67.4. The van der Waals surface area contributed by atoms with Crippen LogP contribution < -0.4 is 16.0 Å². The lowest BCUT2D eigenvalue weighted by Gasteiger charge is -2.46. The maximum atomic E-state index is 14.9. The summed E-state index contributed by atoms with van der Waals surface area (Å²) in [5, 5.41) is 30.2. The summed E-state index contributed by atoms with van der Waals surface area (Å²) in [5.74, 6) is -4.99. The molecule has 0 bridgehead atoms. The van der Waals surface area contributed by atoms with E-state index < -0.39 is 124 Å². The predicted molar refractivity (Wildman–Crippen MR) is 414 cm³/mol. The first-order valence-corrected chi connectivity index (χ1v) is 44.4. The number of hydrogen-bond donors (Lipinski definition) is 7. The summed E-state index contributed by atoms with van der Waals surface area (Å²) < 4.78 is 49.3. The van der Waals surface area contributed by atoms with Gasteiger partial charge in [-0.3, -0.25) is 33.3 Å². The maximum Gasteiger partial charge on any atom is 0.350 e. The first-order valence-electron chi connectivity index (χ1n) is 42.6. The minimum Gasteiger partial charge on any atom is -0.480 e. The number of carboxylic acid groups (broad SMARTS) is 1. The Bertz CT molecular complexity index is 2190. The predicted octanol–water partition coefficient (Wildman–Crippen LogP) is 18.9. The van der Waals surface area contributed by atoms with Crippen LogP contribution in [0.4, 0.5) is 0 Å². The summed E-state index contributed by atoms with van der Waals surface area (Å²) in [6, 6.07) is -4.89. The van der Waals surface area contributed by atoms with Crippen LogP contribution in [0.3, 0.4) is 0 Å². The average Bonchev–Trinajstić information content (AvgIpc) is 0.784. The van der Waals surface area contributed by atoms with Crippen molar-refractivity contribution >= 4 is 49.2 Å². The highest BCUT2D eigenvalue weighted by Crippen LogP contribution is 2.37. The van der Waals surface area contributed by atoms with Crippen molar-refractivity contribution in [2.24, 2.45) is 0 Å². The first kappa shape index (κ1) is 98.3. The summed E-state index contributed by atoms with van der Waals surface area (Å²) in [6.45, 7) is 11.3. The molecule has 7 N–H and O–H groups in total. The molecule has 1 rings (SSSR count). The number of esters is 3. The number of aliphatic hydroxyl groups excluding tert-OH is 1. The van der Waals surface area contributed by atoms with Gasteiger partial charge in [0.15, 0.2) is 12.3 Å². The van der Waals surface area contributed by atoms with Crippen molar-refractivity contribution in [1.82, 2.24) is 16.0 Å². The minimum atomic E-state index is -4.98. The molecule has 1 aliphatic rings. The van der Waals surface area contributed by atoms with E-state index in [4.69, 9.17) is 28.4 Å². The number of amides is 3. The third-order valence-corrected chi connectivity index (χ3v) is 20.5. The topological polar surface area (TPSA) is 309 Å². The van der Waals surface area contributed by atoms with Crippen LogP contribution in [0.1, 0.15) is 408 Å². The highest BCUT2D eigenvalue weighted by Gasteiger charge is 2.50. The van der Waals surface area contributed by atoms with E-state index in [-0.39, 0.29) is 38.5 Å². The average molecular weight is 1500 g/mol. The van der Waals surface area contributed by atoms with Crippen molar-refractivity contribution in [1.29, 1.82) is 0 Å². The molecule has 0 radical (unpaired) electrons. The largest absolute Gasteiger partial charge is 0.480 e. The van der Waals surface area contributed by atoms with Crippen molar-refractivity contribution in [3.05, 3.63) is 0 Å². The lowest BCUT2D eigenvalue weighted by atomic mass is 9.92. The van der Waals surface area contributed by atoms with E-state index in [0.717, 1.165) is 212 Å². The summed E-state index contributed by atoms with van der Waals surface area (Å²) in [5.41, 5.74) is 0. The number of carbonyl (C=O) groups is 7. The van der Waals surface area contributed by atoms with E-state index >= 15 is 0 Å². The van der Waals surface area contributed by atoms with Gasteiger partial charge in [-0.05, 0) is 57.8 Å². The lowest BCUT2D eigenvalue weighted by molar-refractivity contribution is -0.256. The summed E-state index contributed by atoms with van der Waals surface area (Å²) in [4.78, 5) is 118. The van der Waals surface area contributed by atoms with Gasteiger partial charge in [0.2, 0.25) is 17.7 Å². The van der Waals surface area contributed by atoms with Crippen LogP contribution in [0.2, 0.25) is 0 Å². The molecule has 0 saturated carbocycles. The molecule has 21 nitrogen and oxygen atoms in total. The number of carboxylic acids is 1. The zero-order valence-electron chi connectivity index (χ0n) is 66.6. The molecule has 3 amide bonds. The number of hydrogen-bond acceptors (Lipinski definition) is 15. The van der Waals surface area contributed by atoms with Crippen molar-refractivity contribution in [3.63, 3.8) is 0 Å². The van der Waals surface area contributed by atoms with Gasteiger partial charge in [0.05, 0.1) is 38.5 Å². The molecule has 1 heterocycles. The number of aliphatic carboxylic acids is 1. The molecule has 9 atom stereocenters. The summed E-state index contributed by atoms with van der Waals surface area (Å²) in [7, 11) is -4.98. The summed E-state index contributed by atoms with van der Waals surface area (Å²) in [6.07, 6.45) is 40.8. The van der Waals surface area contributed by atoms with Gasteiger partial charge in [-0.2, -0.15) is 0 Å². The van der Waals surface area contributed by atoms with Crippen LogP contribution in [0, 0.1) is 0 Å². The SMILES string of the molecule is CCCCCCCCCCC[C@H](CC(=O)NC1C(NC(=O)C[C@@H](CCCCCCCCCCC)OC(=O)CCCCCCCCC)[C@H](OCP(=O)(O)O)C(CO)O[C@H]1OC[C@H](NC(=O)C[C@@H](CCCCCCCCCCC)OC(=O)CCCCCCCCC)C(=O)O)OC(=O)CCCCCCCCC. The van der Waals surface area contributed by atoms with Crippen molar-refractivity contribution in [2.45, 2.75) is 462 Å². The van der Waals surface area contributed by atoms with Gasteiger partial charge in [0.25, 0.3) is 0 Å². The first-order chi connectivity index (χ1) is 50.3. The number of unbranched alkanes of at least 4 members (excludes halogenated alkanes) is 42. The van der Waals surface area contributed by atoms with E-state index in [9.17, 15) is 58.1 Å². The molecule has 0 spiro atoms. The highest BCUT2D eigenvalue weighted by atomic mass is 31.2. The molecule has 0 aliphatic carbocycles. The van der Waals surface area contributed by atoms with Gasteiger partial charge in [-0.25, -0.2) is 4.79 Å². The second-order valence-electron chi connectivity index (χ2n) is 30.0. The molecule has 3 unspecified atom stereocenters. The third kappa shape index (κ3) is 55.6. The third-order valence-electron chi connectivity index (χ3n) is 20.0. The molecule has 0 aromatic rings. The smallest absolute Gasteiger partial charge is 0.350 e. The zero-order valence-corrected chi connectivity index (χ0v) is 67.5. The van der Waals surface area contributed by atoms with Crippen LogP contribution in [-0.4, -0.2) is 136 Å². The van der Waals surface area contributed by atoms with Crippen LogP contribution >= 0.6 is 7.60 Å². The molecule has 1 saturated heterocycles. The Labute approximate surface area is 630 Å². The molecular formula is C82H154N3O18P. The number of aliphatic hydroxyl groups is 1. The minimum absolute atomic E-state index is 0.158. The number of rotatable bonds is 74. The van der Waals surface area contributed by atoms with E-state index in [1.807, 2.05) is 0 Å². The summed E-state index contributed by atoms with van der Waals surface area (Å²) >= 11 is 0. The van der Waals surface area contributed by atoms with Gasteiger partial charge in [0.1, 0.15) is 42.9 Å². The fourth-order valence-electron chi connectivity index (χ4n) is 13.8. The lowest BCUT2D eigenvalue weighted by Crippen LogP contribution is -2.70. The van der Waals surface area contributed by atoms with Crippen LogP contribution in [0.5, 0.6) is 0 Å². The number of ether oxygens (including phenoxy) is 6. The molecule has 0 aromatic carbocycles. The normalized spacial score (nSPS) is 17.2. The van der Waals surface area contributed by atoms with Gasteiger partial charge < -0.3 is 64.4 Å². The molecule has 610 valence electrons. The zero-order chi connectivity index (χ0) is 76.5. The number of carbonyl (C=O) groups excluding carboxylic acids is 6. The Morgan fingerprint density at radius 1 is 0.385 bits per heavy atom. The number of nitrogens with one attached hydrogen (secondary N) is 3.